The predicted octanol–water partition coefficient (Wildman–Crippen LogP) is 2.38. The first-order valence-electron chi connectivity index (χ1n) is 6.52. The van der Waals surface area contributed by atoms with E-state index in [9.17, 15) is 35.9 Å². The standard InChI is InChI=1S/C12H13F6NO3/c13-6-3-7(8(20)21)19(4-6)9(22)10(12(16,17)18)1-2-11(14,15)5-10/h6-7H,1-5H2,(H,20,21)/t6-,7+,10?/m1/s1. The molecule has 1 amide bonds. The van der Waals surface area contributed by atoms with Crippen molar-refractivity contribution in [1.82, 2.24) is 4.90 Å². The summed E-state index contributed by atoms with van der Waals surface area (Å²) in [6, 6.07) is -1.77. The van der Waals surface area contributed by atoms with Crippen molar-refractivity contribution in [2.75, 3.05) is 6.54 Å². The van der Waals surface area contributed by atoms with Crippen LogP contribution < -0.4 is 0 Å². The molecule has 22 heavy (non-hydrogen) atoms. The summed E-state index contributed by atoms with van der Waals surface area (Å²) >= 11 is 0. The van der Waals surface area contributed by atoms with E-state index >= 15 is 0 Å². The van der Waals surface area contributed by atoms with Crippen LogP contribution in [0.4, 0.5) is 26.3 Å². The second kappa shape index (κ2) is 5.02. The minimum Gasteiger partial charge on any atom is -0.480 e. The zero-order valence-electron chi connectivity index (χ0n) is 11.2. The molecular weight excluding hydrogens is 320 g/mol. The van der Waals surface area contributed by atoms with Gasteiger partial charge in [-0.25, -0.2) is 18.0 Å². The summed E-state index contributed by atoms with van der Waals surface area (Å²) in [6.45, 7) is -0.834. The average molecular weight is 333 g/mol. The van der Waals surface area contributed by atoms with Gasteiger partial charge in [-0.05, 0) is 6.42 Å². The monoisotopic (exact) mass is 333 g/mol. The van der Waals surface area contributed by atoms with Crippen LogP contribution in [0.1, 0.15) is 25.7 Å². The average Bonchev–Trinajstić information content (AvgIpc) is 2.88. The molecule has 1 aliphatic heterocycles. The number of alkyl halides is 6. The van der Waals surface area contributed by atoms with Gasteiger partial charge in [-0.15, -0.1) is 0 Å². The van der Waals surface area contributed by atoms with E-state index in [-0.39, 0.29) is 4.90 Å². The molecule has 4 nitrogen and oxygen atoms in total. The van der Waals surface area contributed by atoms with Crippen LogP contribution in [0.15, 0.2) is 0 Å². The first kappa shape index (κ1) is 16.9. The second-order valence-corrected chi connectivity index (χ2v) is 5.76. The first-order chi connectivity index (χ1) is 9.90. The van der Waals surface area contributed by atoms with Gasteiger partial charge in [0.15, 0.2) is 5.41 Å². The van der Waals surface area contributed by atoms with Crippen LogP contribution >= 0.6 is 0 Å². The summed E-state index contributed by atoms with van der Waals surface area (Å²) in [5.74, 6) is -7.10. The zero-order valence-corrected chi connectivity index (χ0v) is 11.2. The molecule has 1 saturated carbocycles. The number of carbonyl (C=O) groups excluding carboxylic acids is 1. The van der Waals surface area contributed by atoms with Gasteiger partial charge >= 0.3 is 12.1 Å². The number of amides is 1. The van der Waals surface area contributed by atoms with Crippen molar-refractivity contribution in [3.63, 3.8) is 0 Å². The van der Waals surface area contributed by atoms with Crippen LogP contribution in [-0.2, 0) is 9.59 Å². The lowest BCUT2D eigenvalue weighted by molar-refractivity contribution is -0.231. The van der Waals surface area contributed by atoms with E-state index in [0.29, 0.717) is 0 Å². The number of halogens is 6. The van der Waals surface area contributed by atoms with E-state index in [2.05, 4.69) is 0 Å². The summed E-state index contributed by atoms with van der Waals surface area (Å²) in [5.41, 5.74) is -3.35. The Morgan fingerprint density at radius 1 is 1.18 bits per heavy atom. The van der Waals surface area contributed by atoms with Crippen molar-refractivity contribution < 1.29 is 41.0 Å². The number of aliphatic carboxylic acids is 1. The molecule has 0 aromatic carbocycles. The van der Waals surface area contributed by atoms with E-state index in [0.717, 1.165) is 0 Å². The topological polar surface area (TPSA) is 57.6 Å². The first-order valence-corrected chi connectivity index (χ1v) is 6.52. The molecule has 0 radical (unpaired) electrons. The van der Waals surface area contributed by atoms with Crippen LogP contribution in [0.2, 0.25) is 0 Å². The van der Waals surface area contributed by atoms with Gasteiger partial charge in [0.05, 0.1) is 6.54 Å². The van der Waals surface area contributed by atoms with Crippen LogP contribution in [0.5, 0.6) is 0 Å². The SMILES string of the molecule is O=C(O)[C@@H]1C[C@@H](F)CN1C(=O)C1(C(F)(F)F)CCC(F)(F)C1. The summed E-state index contributed by atoms with van der Waals surface area (Å²) < 4.78 is 79.7. The van der Waals surface area contributed by atoms with Gasteiger partial charge in [-0.2, -0.15) is 13.2 Å². The lowest BCUT2D eigenvalue weighted by Gasteiger charge is -2.35. The Bertz CT molecular complexity index is 494. The molecular formula is C12H13F6NO3. The highest BCUT2D eigenvalue weighted by molar-refractivity contribution is 5.89. The van der Waals surface area contributed by atoms with Crippen LogP contribution in [0.25, 0.3) is 0 Å². The number of rotatable bonds is 2. The summed E-state index contributed by atoms with van der Waals surface area (Å²) in [4.78, 5) is 23.4. The van der Waals surface area contributed by atoms with Crippen LogP contribution in [-0.4, -0.2) is 52.7 Å². The molecule has 2 rings (SSSR count). The van der Waals surface area contributed by atoms with Gasteiger partial charge < -0.3 is 10.0 Å². The van der Waals surface area contributed by atoms with Gasteiger partial charge in [-0.1, -0.05) is 0 Å². The zero-order chi connectivity index (χ0) is 16.9. The normalized spacial score (nSPS) is 34.9. The quantitative estimate of drug-likeness (QED) is 0.790. The molecule has 0 bridgehead atoms. The highest BCUT2D eigenvalue weighted by Crippen LogP contribution is 2.57. The Kier molecular flexibility index (Phi) is 3.85. The Morgan fingerprint density at radius 3 is 2.18 bits per heavy atom. The third-order valence-electron chi connectivity index (χ3n) is 4.23. The number of carboxylic acids is 1. The molecule has 2 fully saturated rings. The maximum atomic E-state index is 13.3. The molecule has 126 valence electrons. The molecule has 0 spiro atoms. The van der Waals surface area contributed by atoms with E-state index in [1.54, 1.807) is 0 Å². The molecule has 1 saturated heterocycles. The summed E-state index contributed by atoms with van der Waals surface area (Å²) in [6.07, 6.45) is -11.7. The van der Waals surface area contributed by atoms with Gasteiger partial charge in [-0.3, -0.25) is 4.79 Å². The fourth-order valence-electron chi connectivity index (χ4n) is 3.08. The minimum atomic E-state index is -5.26. The maximum Gasteiger partial charge on any atom is 0.403 e. The number of hydrogen-bond acceptors (Lipinski definition) is 2. The fraction of sp³-hybridized carbons (Fsp3) is 0.833. The highest BCUT2D eigenvalue weighted by Gasteiger charge is 2.69. The van der Waals surface area contributed by atoms with Crippen molar-refractivity contribution in [3.8, 4) is 0 Å². The van der Waals surface area contributed by atoms with Crippen molar-refractivity contribution in [1.29, 1.82) is 0 Å². The van der Waals surface area contributed by atoms with Crippen LogP contribution in [0, 0.1) is 5.41 Å². The Labute approximate surface area is 121 Å². The predicted molar refractivity (Wildman–Crippen MR) is 59.9 cm³/mol. The molecule has 1 N–H and O–H groups in total. The van der Waals surface area contributed by atoms with Crippen molar-refractivity contribution in [3.05, 3.63) is 0 Å². The summed E-state index contributed by atoms with van der Waals surface area (Å²) in [5, 5.41) is 8.89. The fourth-order valence-corrected chi connectivity index (χ4v) is 3.08. The van der Waals surface area contributed by atoms with E-state index < -0.39 is 73.8 Å². The number of likely N-dealkylation sites (tertiary alicyclic amines) is 1. The minimum absolute atomic E-state index is 0.238. The molecule has 3 atom stereocenters. The molecule has 1 aliphatic carbocycles. The molecule has 1 unspecified atom stereocenters. The number of hydrogen-bond donors (Lipinski definition) is 1. The van der Waals surface area contributed by atoms with Crippen LogP contribution in [0.3, 0.4) is 0 Å². The van der Waals surface area contributed by atoms with Gasteiger partial charge in [0, 0.05) is 19.3 Å². The molecule has 10 heteroatoms. The third kappa shape index (κ3) is 2.63. The lowest BCUT2D eigenvalue weighted by Crippen LogP contribution is -2.54. The Morgan fingerprint density at radius 2 is 1.77 bits per heavy atom. The number of nitrogens with zero attached hydrogens (tertiary/aromatic N) is 1. The molecule has 2 aliphatic rings. The third-order valence-corrected chi connectivity index (χ3v) is 4.23. The van der Waals surface area contributed by atoms with Gasteiger partial charge in [0.1, 0.15) is 12.2 Å². The Balaban J connectivity index is 2.37. The molecule has 0 aromatic heterocycles. The van der Waals surface area contributed by atoms with Gasteiger partial charge in [0.25, 0.3) is 0 Å². The van der Waals surface area contributed by atoms with E-state index in [1.165, 1.54) is 0 Å². The lowest BCUT2D eigenvalue weighted by atomic mass is 9.83. The number of carboxylic acid groups (broad SMARTS) is 1. The molecule has 0 aromatic rings. The van der Waals surface area contributed by atoms with Gasteiger partial charge in [0.2, 0.25) is 11.8 Å². The maximum absolute atomic E-state index is 13.3. The van der Waals surface area contributed by atoms with Crippen molar-refractivity contribution in [2.45, 2.75) is 50.0 Å². The molecule has 1 heterocycles. The number of carbonyl (C=O) groups is 2. The van der Waals surface area contributed by atoms with E-state index in [4.69, 9.17) is 5.11 Å². The Hall–Kier alpha value is -1.48. The largest absolute Gasteiger partial charge is 0.480 e. The van der Waals surface area contributed by atoms with Crippen molar-refractivity contribution >= 4 is 11.9 Å². The van der Waals surface area contributed by atoms with E-state index in [1.807, 2.05) is 0 Å². The highest BCUT2D eigenvalue weighted by atomic mass is 19.4. The second-order valence-electron chi connectivity index (χ2n) is 5.76. The van der Waals surface area contributed by atoms with Crippen molar-refractivity contribution in [2.24, 2.45) is 5.41 Å². The summed E-state index contributed by atoms with van der Waals surface area (Å²) in [7, 11) is 0. The smallest absolute Gasteiger partial charge is 0.403 e.